The summed E-state index contributed by atoms with van der Waals surface area (Å²) in [7, 11) is 0. The van der Waals surface area contributed by atoms with Crippen molar-refractivity contribution in [2.45, 2.75) is 26.4 Å². The molecule has 2 aromatic rings. The zero-order valence-corrected chi connectivity index (χ0v) is 10.5. The van der Waals surface area contributed by atoms with Gasteiger partial charge in [0.05, 0.1) is 17.9 Å². The largest absolute Gasteiger partial charge is 0.325 e. The number of halogens is 1. The van der Waals surface area contributed by atoms with Crippen molar-refractivity contribution in [3.05, 3.63) is 46.2 Å². The molecule has 0 aliphatic heterocycles. The van der Waals surface area contributed by atoms with E-state index in [1.807, 2.05) is 28.9 Å². The minimum Gasteiger partial charge on any atom is -0.325 e. The lowest BCUT2D eigenvalue weighted by Crippen LogP contribution is -2.08. The van der Waals surface area contributed by atoms with Crippen LogP contribution >= 0.6 is 11.6 Å². The zero-order chi connectivity index (χ0) is 12.3. The Kier molecular flexibility index (Phi) is 3.76. The summed E-state index contributed by atoms with van der Waals surface area (Å²) in [6.45, 7) is 3.13. The summed E-state index contributed by atoms with van der Waals surface area (Å²) in [4.78, 5) is 0. The van der Waals surface area contributed by atoms with Crippen molar-refractivity contribution in [1.29, 1.82) is 0 Å². The lowest BCUT2D eigenvalue weighted by molar-refractivity contribution is 0.622. The second-order valence-corrected chi connectivity index (χ2v) is 4.20. The fourth-order valence-corrected chi connectivity index (χ4v) is 2.02. The molecular weight excluding hydrogens is 236 g/mol. The number of rotatable bonds is 4. The molecule has 17 heavy (non-hydrogen) atoms. The Balaban J connectivity index is 2.30. The Morgan fingerprint density at radius 1 is 1.35 bits per heavy atom. The van der Waals surface area contributed by atoms with E-state index in [2.05, 4.69) is 17.2 Å². The van der Waals surface area contributed by atoms with Crippen LogP contribution in [0.15, 0.2) is 24.3 Å². The van der Waals surface area contributed by atoms with E-state index < -0.39 is 0 Å². The van der Waals surface area contributed by atoms with Crippen LogP contribution in [0.3, 0.4) is 0 Å². The average molecular weight is 251 g/mol. The zero-order valence-electron chi connectivity index (χ0n) is 9.73. The Labute approximate surface area is 105 Å². The van der Waals surface area contributed by atoms with Gasteiger partial charge in [-0.3, -0.25) is 0 Å². The molecule has 0 atom stereocenters. The van der Waals surface area contributed by atoms with Crippen molar-refractivity contribution in [1.82, 2.24) is 15.0 Å². The van der Waals surface area contributed by atoms with Gasteiger partial charge in [-0.25, -0.2) is 4.68 Å². The van der Waals surface area contributed by atoms with Gasteiger partial charge in [0.15, 0.2) is 0 Å². The van der Waals surface area contributed by atoms with Crippen molar-refractivity contribution >= 4 is 11.6 Å². The number of nitrogens with two attached hydrogens (primary N) is 1. The first-order valence-electron chi connectivity index (χ1n) is 5.61. The van der Waals surface area contributed by atoms with Crippen molar-refractivity contribution in [3.8, 4) is 0 Å². The Bertz CT molecular complexity index is 507. The number of hydrogen-bond acceptors (Lipinski definition) is 3. The summed E-state index contributed by atoms with van der Waals surface area (Å²) in [5, 5.41) is 8.95. The van der Waals surface area contributed by atoms with Gasteiger partial charge in [0.25, 0.3) is 0 Å². The molecule has 2 rings (SSSR count). The number of nitrogens with zero attached hydrogens (tertiary/aromatic N) is 3. The second kappa shape index (κ2) is 5.29. The molecule has 0 aliphatic rings. The molecule has 1 heterocycles. The Hall–Kier alpha value is -1.39. The molecule has 0 saturated carbocycles. The van der Waals surface area contributed by atoms with E-state index in [4.69, 9.17) is 17.3 Å². The third kappa shape index (κ3) is 2.48. The highest BCUT2D eigenvalue weighted by Gasteiger charge is 2.10. The van der Waals surface area contributed by atoms with E-state index in [1.165, 1.54) is 0 Å². The van der Waals surface area contributed by atoms with Crippen LogP contribution in [0.1, 0.15) is 23.9 Å². The predicted molar refractivity (Wildman–Crippen MR) is 67.8 cm³/mol. The first-order valence-corrected chi connectivity index (χ1v) is 5.98. The second-order valence-electron chi connectivity index (χ2n) is 3.79. The van der Waals surface area contributed by atoms with Crippen molar-refractivity contribution in [3.63, 3.8) is 0 Å². The van der Waals surface area contributed by atoms with Gasteiger partial charge in [0, 0.05) is 11.6 Å². The van der Waals surface area contributed by atoms with Gasteiger partial charge in [0.2, 0.25) is 0 Å². The molecular formula is C12H15ClN4. The molecule has 4 nitrogen and oxygen atoms in total. The third-order valence-electron chi connectivity index (χ3n) is 2.72. The lowest BCUT2D eigenvalue weighted by atomic mass is 10.2. The molecule has 0 fully saturated rings. The number of benzene rings is 1. The van der Waals surface area contributed by atoms with Gasteiger partial charge in [-0.1, -0.05) is 41.9 Å². The van der Waals surface area contributed by atoms with Crippen LogP contribution in [0.4, 0.5) is 0 Å². The topological polar surface area (TPSA) is 56.7 Å². The number of aromatic nitrogens is 3. The maximum absolute atomic E-state index is 6.12. The minimum absolute atomic E-state index is 0.422. The first-order chi connectivity index (χ1) is 8.26. The van der Waals surface area contributed by atoms with E-state index in [-0.39, 0.29) is 0 Å². The SMILES string of the molecule is CCc1c(CN)nnn1Cc1ccccc1Cl. The Morgan fingerprint density at radius 3 is 2.76 bits per heavy atom. The van der Waals surface area contributed by atoms with Crippen LogP contribution < -0.4 is 5.73 Å². The van der Waals surface area contributed by atoms with Gasteiger partial charge in [0.1, 0.15) is 0 Å². The van der Waals surface area contributed by atoms with E-state index in [1.54, 1.807) is 0 Å². The molecule has 90 valence electrons. The summed E-state index contributed by atoms with van der Waals surface area (Å²) in [6.07, 6.45) is 0.865. The summed E-state index contributed by atoms with van der Waals surface area (Å²) >= 11 is 6.12. The van der Waals surface area contributed by atoms with Crippen molar-refractivity contribution < 1.29 is 0 Å². The maximum Gasteiger partial charge on any atom is 0.0994 e. The van der Waals surface area contributed by atoms with Gasteiger partial charge >= 0.3 is 0 Å². The summed E-state index contributed by atoms with van der Waals surface area (Å²) < 4.78 is 1.86. The summed E-state index contributed by atoms with van der Waals surface area (Å²) in [6, 6.07) is 7.75. The molecule has 0 radical (unpaired) electrons. The maximum atomic E-state index is 6.12. The van der Waals surface area contributed by atoms with E-state index >= 15 is 0 Å². The van der Waals surface area contributed by atoms with Gasteiger partial charge < -0.3 is 5.73 Å². The molecule has 2 N–H and O–H groups in total. The van der Waals surface area contributed by atoms with E-state index in [0.29, 0.717) is 13.1 Å². The van der Waals surface area contributed by atoms with Gasteiger partial charge in [-0.05, 0) is 18.1 Å². The van der Waals surface area contributed by atoms with E-state index in [9.17, 15) is 0 Å². The molecule has 0 aliphatic carbocycles. The normalized spacial score (nSPS) is 10.8. The molecule has 5 heteroatoms. The van der Waals surface area contributed by atoms with Crippen LogP contribution in [0.5, 0.6) is 0 Å². The molecule has 1 aromatic heterocycles. The molecule has 1 aromatic carbocycles. The van der Waals surface area contributed by atoms with Crippen molar-refractivity contribution in [2.75, 3.05) is 0 Å². The fraction of sp³-hybridized carbons (Fsp3) is 0.333. The van der Waals surface area contributed by atoms with Crippen LogP contribution in [0.25, 0.3) is 0 Å². The van der Waals surface area contributed by atoms with Crippen LogP contribution in [-0.2, 0) is 19.5 Å². The quantitative estimate of drug-likeness (QED) is 0.903. The van der Waals surface area contributed by atoms with Gasteiger partial charge in [-0.15, -0.1) is 5.10 Å². The standard InChI is InChI=1S/C12H15ClN4/c1-2-12-11(7-14)15-16-17(12)8-9-5-3-4-6-10(9)13/h3-6H,2,7-8,14H2,1H3. The number of hydrogen-bond donors (Lipinski definition) is 1. The summed E-state index contributed by atoms with van der Waals surface area (Å²) in [5.74, 6) is 0. The predicted octanol–water partition coefficient (Wildman–Crippen LogP) is 2.00. The van der Waals surface area contributed by atoms with Crippen LogP contribution in [0.2, 0.25) is 5.02 Å². The monoisotopic (exact) mass is 250 g/mol. The summed E-state index contributed by atoms with van der Waals surface area (Å²) in [5.41, 5.74) is 8.60. The molecule has 0 spiro atoms. The average Bonchev–Trinajstić information content (AvgIpc) is 2.74. The highest BCUT2D eigenvalue weighted by Crippen LogP contribution is 2.17. The third-order valence-corrected chi connectivity index (χ3v) is 3.09. The fourth-order valence-electron chi connectivity index (χ4n) is 1.83. The van der Waals surface area contributed by atoms with Crippen LogP contribution in [-0.4, -0.2) is 15.0 Å². The van der Waals surface area contributed by atoms with Crippen LogP contribution in [0, 0.1) is 0 Å². The molecule has 0 saturated heterocycles. The first kappa shape index (κ1) is 12.1. The molecule has 0 unspecified atom stereocenters. The lowest BCUT2D eigenvalue weighted by Gasteiger charge is -2.07. The highest BCUT2D eigenvalue weighted by atomic mass is 35.5. The molecule has 0 amide bonds. The van der Waals surface area contributed by atoms with E-state index in [0.717, 1.165) is 28.4 Å². The minimum atomic E-state index is 0.422. The highest BCUT2D eigenvalue weighted by molar-refractivity contribution is 6.31. The Morgan fingerprint density at radius 2 is 2.12 bits per heavy atom. The molecule has 0 bridgehead atoms. The smallest absolute Gasteiger partial charge is 0.0994 e. The van der Waals surface area contributed by atoms with Crippen molar-refractivity contribution in [2.24, 2.45) is 5.73 Å². The van der Waals surface area contributed by atoms with Gasteiger partial charge in [-0.2, -0.15) is 0 Å².